The Morgan fingerprint density at radius 3 is 1.23 bits per heavy atom. The summed E-state index contributed by atoms with van der Waals surface area (Å²) in [4.78, 5) is 4.50. The Hall–Kier alpha value is -2.04. The summed E-state index contributed by atoms with van der Waals surface area (Å²) in [5.74, 6) is 0. The van der Waals surface area contributed by atoms with Crippen LogP contribution >= 0.6 is 0 Å². The third-order valence-electron chi connectivity index (χ3n) is 4.59. The van der Waals surface area contributed by atoms with Crippen LogP contribution in [0.4, 0.5) is 11.4 Å². The van der Waals surface area contributed by atoms with Crippen molar-refractivity contribution in [3.05, 3.63) is 60.7 Å². The zero-order valence-corrected chi connectivity index (χ0v) is 15.6. The third kappa shape index (κ3) is 7.06. The van der Waals surface area contributed by atoms with E-state index in [1.807, 2.05) is 36.4 Å². The molecule has 0 aliphatic heterocycles. The van der Waals surface area contributed by atoms with E-state index in [2.05, 4.69) is 34.1 Å². The van der Waals surface area contributed by atoms with Crippen molar-refractivity contribution in [2.75, 3.05) is 49.2 Å². The van der Waals surface area contributed by atoms with Crippen LogP contribution < -0.4 is 9.80 Å². The molecule has 2 rings (SSSR count). The number of anilines is 2. The van der Waals surface area contributed by atoms with E-state index in [0.29, 0.717) is 13.1 Å². The van der Waals surface area contributed by atoms with Crippen LogP contribution in [0.3, 0.4) is 0 Å². The molecule has 142 valence electrons. The summed E-state index contributed by atoms with van der Waals surface area (Å²) < 4.78 is 0. The Kier molecular flexibility index (Phi) is 9.62. The minimum absolute atomic E-state index is 0.183. The predicted octanol–water partition coefficient (Wildman–Crippen LogP) is 3.54. The van der Waals surface area contributed by atoms with Gasteiger partial charge in [-0.1, -0.05) is 49.2 Å². The molecule has 0 saturated heterocycles. The lowest BCUT2D eigenvalue weighted by Crippen LogP contribution is -2.28. The Morgan fingerprint density at radius 1 is 0.500 bits per heavy atom. The monoisotopic (exact) mass is 356 g/mol. The highest BCUT2D eigenvalue weighted by Gasteiger charge is 2.06. The van der Waals surface area contributed by atoms with Crippen molar-refractivity contribution >= 4 is 11.4 Å². The fourth-order valence-electron chi connectivity index (χ4n) is 3.22. The first-order chi connectivity index (χ1) is 12.8. The van der Waals surface area contributed by atoms with Gasteiger partial charge in [-0.15, -0.1) is 0 Å². The van der Waals surface area contributed by atoms with Gasteiger partial charge in [0.25, 0.3) is 0 Å². The van der Waals surface area contributed by atoms with E-state index in [4.69, 9.17) is 0 Å². The molecular formula is C22H32N2O2. The summed E-state index contributed by atoms with van der Waals surface area (Å²) in [6, 6.07) is 20.6. The van der Waals surface area contributed by atoms with Gasteiger partial charge in [0.15, 0.2) is 0 Å². The van der Waals surface area contributed by atoms with Crippen molar-refractivity contribution in [3.8, 4) is 0 Å². The fourth-order valence-corrected chi connectivity index (χ4v) is 3.22. The molecule has 4 heteroatoms. The van der Waals surface area contributed by atoms with Crippen molar-refractivity contribution in [3.63, 3.8) is 0 Å². The zero-order chi connectivity index (χ0) is 18.5. The minimum Gasteiger partial charge on any atom is -0.395 e. The predicted molar refractivity (Wildman–Crippen MR) is 110 cm³/mol. The molecule has 0 heterocycles. The quantitative estimate of drug-likeness (QED) is 0.539. The van der Waals surface area contributed by atoms with Crippen molar-refractivity contribution in [1.29, 1.82) is 0 Å². The minimum atomic E-state index is 0.183. The van der Waals surface area contributed by atoms with Crippen LogP contribution in [0.15, 0.2) is 60.7 Å². The Morgan fingerprint density at radius 2 is 0.885 bits per heavy atom. The molecule has 0 amide bonds. The highest BCUT2D eigenvalue weighted by Crippen LogP contribution is 2.16. The number of aliphatic hydroxyl groups excluding tert-OH is 2. The lowest BCUT2D eigenvalue weighted by atomic mass is 10.1. The van der Waals surface area contributed by atoms with E-state index in [9.17, 15) is 10.2 Å². The van der Waals surface area contributed by atoms with E-state index in [1.54, 1.807) is 0 Å². The van der Waals surface area contributed by atoms with E-state index in [-0.39, 0.29) is 13.2 Å². The lowest BCUT2D eigenvalue weighted by Gasteiger charge is -2.25. The second-order valence-corrected chi connectivity index (χ2v) is 6.51. The highest BCUT2D eigenvalue weighted by molar-refractivity contribution is 5.46. The summed E-state index contributed by atoms with van der Waals surface area (Å²) in [5.41, 5.74) is 2.36. The van der Waals surface area contributed by atoms with Crippen LogP contribution in [0.5, 0.6) is 0 Å². The SMILES string of the molecule is OCCN(CCCCCCN(CCO)c1ccccc1)c1ccccc1. The van der Waals surface area contributed by atoms with Crippen molar-refractivity contribution in [2.24, 2.45) is 0 Å². The molecule has 0 aromatic heterocycles. The number of nitrogens with zero attached hydrogens (tertiary/aromatic N) is 2. The maximum Gasteiger partial charge on any atom is 0.0606 e. The molecule has 0 radical (unpaired) electrons. The van der Waals surface area contributed by atoms with Crippen LogP contribution in [0.2, 0.25) is 0 Å². The Balaban J connectivity index is 1.68. The largest absolute Gasteiger partial charge is 0.395 e. The van der Waals surface area contributed by atoms with Gasteiger partial charge in [-0.3, -0.25) is 0 Å². The first-order valence-corrected chi connectivity index (χ1v) is 9.67. The van der Waals surface area contributed by atoms with E-state index in [1.165, 1.54) is 24.2 Å². The molecular weight excluding hydrogens is 324 g/mol. The molecule has 26 heavy (non-hydrogen) atoms. The third-order valence-corrected chi connectivity index (χ3v) is 4.59. The molecule has 0 bridgehead atoms. The highest BCUT2D eigenvalue weighted by atomic mass is 16.3. The molecule has 0 aliphatic rings. The van der Waals surface area contributed by atoms with Crippen molar-refractivity contribution < 1.29 is 10.2 Å². The summed E-state index contributed by atoms with van der Waals surface area (Å²) in [5, 5.41) is 18.6. The van der Waals surface area contributed by atoms with Crippen molar-refractivity contribution in [2.45, 2.75) is 25.7 Å². The maximum atomic E-state index is 9.29. The van der Waals surface area contributed by atoms with Gasteiger partial charge in [0.05, 0.1) is 13.2 Å². The first-order valence-electron chi connectivity index (χ1n) is 9.67. The number of benzene rings is 2. The molecule has 0 saturated carbocycles. The number of hydrogen-bond donors (Lipinski definition) is 2. The van der Waals surface area contributed by atoms with Gasteiger partial charge in [-0.25, -0.2) is 0 Å². The van der Waals surface area contributed by atoms with Gasteiger partial charge >= 0.3 is 0 Å². The first kappa shape index (κ1) is 20.3. The second kappa shape index (κ2) is 12.3. The number of aliphatic hydroxyl groups is 2. The maximum absolute atomic E-state index is 9.29. The smallest absolute Gasteiger partial charge is 0.0606 e. The fraction of sp³-hybridized carbons (Fsp3) is 0.455. The van der Waals surface area contributed by atoms with Crippen molar-refractivity contribution in [1.82, 2.24) is 0 Å². The summed E-state index contributed by atoms with van der Waals surface area (Å²) in [6.45, 7) is 3.68. The molecule has 0 aliphatic carbocycles. The number of rotatable bonds is 13. The number of unbranched alkanes of at least 4 members (excludes halogenated alkanes) is 3. The van der Waals surface area contributed by atoms with Crippen LogP contribution in [0.25, 0.3) is 0 Å². The lowest BCUT2D eigenvalue weighted by molar-refractivity contribution is 0.300. The molecule has 2 aromatic carbocycles. The molecule has 0 unspecified atom stereocenters. The van der Waals surface area contributed by atoms with Gasteiger partial charge in [-0.2, -0.15) is 0 Å². The van der Waals surface area contributed by atoms with E-state index >= 15 is 0 Å². The Bertz CT molecular complexity index is 524. The van der Waals surface area contributed by atoms with E-state index in [0.717, 1.165) is 25.9 Å². The molecule has 4 nitrogen and oxygen atoms in total. The zero-order valence-electron chi connectivity index (χ0n) is 15.6. The summed E-state index contributed by atoms with van der Waals surface area (Å²) >= 11 is 0. The van der Waals surface area contributed by atoms with Crippen LogP contribution in [-0.4, -0.2) is 49.6 Å². The van der Waals surface area contributed by atoms with Gasteiger partial charge in [-0.05, 0) is 37.1 Å². The van der Waals surface area contributed by atoms with Gasteiger partial charge in [0, 0.05) is 37.6 Å². The van der Waals surface area contributed by atoms with Gasteiger partial charge in [0.2, 0.25) is 0 Å². The second-order valence-electron chi connectivity index (χ2n) is 6.51. The van der Waals surface area contributed by atoms with Gasteiger partial charge in [0.1, 0.15) is 0 Å². The average Bonchev–Trinajstić information content (AvgIpc) is 2.70. The van der Waals surface area contributed by atoms with E-state index < -0.39 is 0 Å². The van der Waals surface area contributed by atoms with Crippen LogP contribution in [-0.2, 0) is 0 Å². The normalized spacial score (nSPS) is 10.7. The standard InChI is InChI=1S/C22H32N2O2/c25-19-17-23(21-11-5-3-6-12-21)15-9-1-2-10-16-24(18-20-26)22-13-7-4-8-14-22/h3-8,11-14,25-26H,1-2,9-10,15-20H2. The van der Waals surface area contributed by atoms with Crippen LogP contribution in [0, 0.1) is 0 Å². The average molecular weight is 357 g/mol. The Labute approximate surface area is 157 Å². The number of para-hydroxylation sites is 2. The molecule has 0 atom stereocenters. The molecule has 0 spiro atoms. The number of hydrogen-bond acceptors (Lipinski definition) is 4. The topological polar surface area (TPSA) is 46.9 Å². The molecule has 2 aromatic rings. The van der Waals surface area contributed by atoms with Gasteiger partial charge < -0.3 is 20.0 Å². The molecule has 0 fully saturated rings. The van der Waals surface area contributed by atoms with Crippen LogP contribution in [0.1, 0.15) is 25.7 Å². The molecule has 2 N–H and O–H groups in total. The summed E-state index contributed by atoms with van der Waals surface area (Å²) in [7, 11) is 0. The summed E-state index contributed by atoms with van der Waals surface area (Å²) in [6.07, 6.45) is 4.60.